The van der Waals surface area contributed by atoms with E-state index in [0.717, 1.165) is 17.7 Å². The van der Waals surface area contributed by atoms with Crippen LogP contribution in [0.3, 0.4) is 0 Å². The van der Waals surface area contributed by atoms with Crippen LogP contribution in [0.5, 0.6) is 5.75 Å². The van der Waals surface area contributed by atoms with Crippen LogP contribution in [0.4, 0.5) is 14.5 Å². The van der Waals surface area contributed by atoms with Crippen LogP contribution >= 0.6 is 0 Å². The second kappa shape index (κ2) is 8.77. The summed E-state index contributed by atoms with van der Waals surface area (Å²) >= 11 is 0. The first kappa shape index (κ1) is 18.4. The van der Waals surface area contributed by atoms with E-state index in [-0.39, 0.29) is 13.0 Å². The number of nitrogens with one attached hydrogen (secondary N) is 1. The smallest absolute Gasteiger partial charge is 0.309 e. The molecule has 0 saturated carbocycles. The standard InChI is InChI=1S/C18H17F2NO4/c1-12-4-2-5-13(10-12)24-9-8-17(23)25-11-16(22)21-18-14(19)6-3-7-15(18)20/h2-7,10H,8-9,11H2,1H3,(H,21,22). The number of esters is 1. The normalized spacial score (nSPS) is 10.2. The number of aryl methyl sites for hydroxylation is 1. The van der Waals surface area contributed by atoms with Crippen molar-refractivity contribution in [2.24, 2.45) is 0 Å². The summed E-state index contributed by atoms with van der Waals surface area (Å²) in [5.41, 5.74) is 0.448. The number of rotatable bonds is 7. The van der Waals surface area contributed by atoms with Gasteiger partial charge in [-0.1, -0.05) is 18.2 Å². The van der Waals surface area contributed by atoms with Gasteiger partial charge in [0.2, 0.25) is 0 Å². The van der Waals surface area contributed by atoms with Gasteiger partial charge < -0.3 is 14.8 Å². The summed E-state index contributed by atoms with van der Waals surface area (Å²) in [6.45, 7) is 1.36. The van der Waals surface area contributed by atoms with Crippen LogP contribution in [0.15, 0.2) is 42.5 Å². The van der Waals surface area contributed by atoms with Gasteiger partial charge in [-0.05, 0) is 36.8 Å². The van der Waals surface area contributed by atoms with E-state index >= 15 is 0 Å². The van der Waals surface area contributed by atoms with Crippen LogP contribution < -0.4 is 10.1 Å². The Balaban J connectivity index is 1.71. The van der Waals surface area contributed by atoms with Crippen LogP contribution in [-0.2, 0) is 14.3 Å². The zero-order valence-electron chi connectivity index (χ0n) is 13.6. The van der Waals surface area contributed by atoms with Crippen molar-refractivity contribution >= 4 is 17.6 Å². The van der Waals surface area contributed by atoms with Crippen molar-refractivity contribution in [3.8, 4) is 5.75 Å². The number of carbonyl (C=O) groups excluding carboxylic acids is 2. The zero-order chi connectivity index (χ0) is 18.2. The van der Waals surface area contributed by atoms with Crippen LogP contribution in [0.1, 0.15) is 12.0 Å². The first-order valence-electron chi connectivity index (χ1n) is 7.54. The fraction of sp³-hybridized carbons (Fsp3) is 0.222. The van der Waals surface area contributed by atoms with Crippen molar-refractivity contribution < 1.29 is 27.8 Å². The Morgan fingerprint density at radius 3 is 2.44 bits per heavy atom. The fourth-order valence-corrected chi connectivity index (χ4v) is 1.97. The van der Waals surface area contributed by atoms with Crippen LogP contribution in [0.25, 0.3) is 0 Å². The van der Waals surface area contributed by atoms with Crippen molar-refractivity contribution in [2.45, 2.75) is 13.3 Å². The van der Waals surface area contributed by atoms with Gasteiger partial charge in [0.05, 0.1) is 13.0 Å². The molecule has 2 aromatic rings. The molecule has 0 aliphatic heterocycles. The predicted molar refractivity (Wildman–Crippen MR) is 87.2 cm³/mol. The van der Waals surface area contributed by atoms with Gasteiger partial charge in [-0.3, -0.25) is 9.59 Å². The maximum atomic E-state index is 13.4. The third-order valence-electron chi connectivity index (χ3n) is 3.16. The molecule has 2 rings (SSSR count). The quantitative estimate of drug-likeness (QED) is 0.780. The fourth-order valence-electron chi connectivity index (χ4n) is 1.97. The second-order valence-corrected chi connectivity index (χ2v) is 5.22. The molecule has 2 aromatic carbocycles. The Bertz CT molecular complexity index is 744. The summed E-state index contributed by atoms with van der Waals surface area (Å²) < 4.78 is 36.9. The average Bonchev–Trinajstić information content (AvgIpc) is 2.56. The summed E-state index contributed by atoms with van der Waals surface area (Å²) in [6.07, 6.45) is -0.0602. The number of anilines is 1. The van der Waals surface area contributed by atoms with Gasteiger partial charge in [0.1, 0.15) is 23.1 Å². The Labute approximate surface area is 143 Å². The molecule has 1 amide bonds. The maximum absolute atomic E-state index is 13.4. The molecule has 7 heteroatoms. The highest BCUT2D eigenvalue weighted by molar-refractivity contribution is 5.93. The summed E-state index contributed by atoms with van der Waals surface area (Å²) in [7, 11) is 0. The zero-order valence-corrected chi connectivity index (χ0v) is 13.6. The molecule has 0 radical (unpaired) electrons. The molecule has 132 valence electrons. The SMILES string of the molecule is Cc1cccc(OCCC(=O)OCC(=O)Nc2c(F)cccc2F)c1. The Morgan fingerprint density at radius 1 is 1.08 bits per heavy atom. The van der Waals surface area contributed by atoms with E-state index in [4.69, 9.17) is 9.47 Å². The summed E-state index contributed by atoms with van der Waals surface area (Å²) in [5, 5.41) is 2.02. The summed E-state index contributed by atoms with van der Waals surface area (Å²) in [5.74, 6) is -2.69. The van der Waals surface area contributed by atoms with Crippen molar-refractivity contribution in [1.82, 2.24) is 0 Å². The van der Waals surface area contributed by atoms with Gasteiger partial charge >= 0.3 is 5.97 Å². The van der Waals surface area contributed by atoms with E-state index in [0.29, 0.717) is 5.75 Å². The minimum absolute atomic E-state index is 0.0602. The van der Waals surface area contributed by atoms with Crippen molar-refractivity contribution in [2.75, 3.05) is 18.5 Å². The molecule has 0 aromatic heterocycles. The topological polar surface area (TPSA) is 64.6 Å². The molecular formula is C18H17F2NO4. The Morgan fingerprint density at radius 2 is 1.76 bits per heavy atom. The van der Waals surface area contributed by atoms with Gasteiger partial charge in [0.15, 0.2) is 6.61 Å². The summed E-state index contributed by atoms with van der Waals surface area (Å²) in [6, 6.07) is 10.5. The van der Waals surface area contributed by atoms with Gasteiger partial charge in [-0.25, -0.2) is 8.78 Å². The summed E-state index contributed by atoms with van der Waals surface area (Å²) in [4.78, 5) is 23.2. The molecule has 25 heavy (non-hydrogen) atoms. The number of halogens is 2. The molecule has 5 nitrogen and oxygen atoms in total. The molecule has 0 aliphatic carbocycles. The van der Waals surface area contributed by atoms with Crippen molar-refractivity contribution in [3.05, 3.63) is 59.7 Å². The number of ether oxygens (including phenoxy) is 2. The molecule has 0 spiro atoms. The minimum Gasteiger partial charge on any atom is -0.493 e. The van der Waals surface area contributed by atoms with Gasteiger partial charge in [0.25, 0.3) is 5.91 Å². The second-order valence-electron chi connectivity index (χ2n) is 5.22. The molecular weight excluding hydrogens is 332 g/mol. The molecule has 0 heterocycles. The van der Waals surface area contributed by atoms with E-state index in [1.54, 1.807) is 6.07 Å². The minimum atomic E-state index is -0.911. The lowest BCUT2D eigenvalue weighted by atomic mass is 10.2. The molecule has 0 fully saturated rings. The van der Waals surface area contributed by atoms with Crippen LogP contribution in [-0.4, -0.2) is 25.1 Å². The van der Waals surface area contributed by atoms with E-state index < -0.39 is 35.8 Å². The van der Waals surface area contributed by atoms with Gasteiger partial charge in [-0.15, -0.1) is 0 Å². The molecule has 0 unspecified atom stereocenters. The predicted octanol–water partition coefficient (Wildman–Crippen LogP) is 3.22. The number of para-hydroxylation sites is 1. The molecule has 1 N–H and O–H groups in total. The van der Waals surface area contributed by atoms with Gasteiger partial charge in [-0.2, -0.15) is 0 Å². The monoisotopic (exact) mass is 349 g/mol. The van der Waals surface area contributed by atoms with E-state index in [9.17, 15) is 18.4 Å². The number of carbonyl (C=O) groups is 2. The number of hydrogen-bond acceptors (Lipinski definition) is 4. The Hall–Kier alpha value is -2.96. The maximum Gasteiger partial charge on any atom is 0.309 e. The highest BCUT2D eigenvalue weighted by Crippen LogP contribution is 2.17. The lowest BCUT2D eigenvalue weighted by Gasteiger charge is -2.09. The molecule has 0 saturated heterocycles. The van der Waals surface area contributed by atoms with E-state index in [2.05, 4.69) is 0 Å². The van der Waals surface area contributed by atoms with Crippen LogP contribution in [0.2, 0.25) is 0 Å². The molecule has 0 atom stereocenters. The Kier molecular flexibility index (Phi) is 6.45. The van der Waals surface area contributed by atoms with E-state index in [1.165, 1.54) is 6.07 Å². The highest BCUT2D eigenvalue weighted by atomic mass is 19.1. The largest absolute Gasteiger partial charge is 0.493 e. The third-order valence-corrected chi connectivity index (χ3v) is 3.16. The number of hydrogen-bond donors (Lipinski definition) is 1. The van der Waals surface area contributed by atoms with Crippen molar-refractivity contribution in [1.29, 1.82) is 0 Å². The number of amides is 1. The first-order chi connectivity index (χ1) is 12.0. The van der Waals surface area contributed by atoms with Crippen molar-refractivity contribution in [3.63, 3.8) is 0 Å². The lowest BCUT2D eigenvalue weighted by Crippen LogP contribution is -2.22. The number of benzene rings is 2. The van der Waals surface area contributed by atoms with Gasteiger partial charge in [0, 0.05) is 0 Å². The van der Waals surface area contributed by atoms with Crippen LogP contribution in [0, 0.1) is 18.6 Å². The lowest BCUT2D eigenvalue weighted by molar-refractivity contribution is -0.147. The highest BCUT2D eigenvalue weighted by Gasteiger charge is 2.13. The third kappa shape index (κ3) is 5.87. The average molecular weight is 349 g/mol. The first-order valence-corrected chi connectivity index (χ1v) is 7.54. The molecule has 0 bridgehead atoms. The molecule has 0 aliphatic rings. The van der Waals surface area contributed by atoms with E-state index in [1.807, 2.05) is 30.4 Å².